The number of carbonyl (C=O) groups is 2. The van der Waals surface area contributed by atoms with Crippen LogP contribution in [0, 0.1) is 17.0 Å². The van der Waals surface area contributed by atoms with Crippen LogP contribution in [-0.2, 0) is 10.9 Å². The Morgan fingerprint density at radius 2 is 1.83 bits per heavy atom. The van der Waals surface area contributed by atoms with Crippen LogP contribution >= 0.6 is 11.6 Å². The number of hydrogen-bond acceptors (Lipinski definition) is 7. The second-order valence-electron chi connectivity index (χ2n) is 5.78. The number of esters is 1. The van der Waals surface area contributed by atoms with E-state index >= 15 is 0 Å². The zero-order chi connectivity index (χ0) is 22.8. The molecule has 160 valence electrons. The van der Waals surface area contributed by atoms with Gasteiger partial charge < -0.3 is 19.4 Å². The molecule has 0 aliphatic rings. The lowest BCUT2D eigenvalue weighted by molar-refractivity contribution is -0.386. The van der Waals surface area contributed by atoms with Gasteiger partial charge in [-0.05, 0) is 38.1 Å². The Morgan fingerprint density at radius 3 is 2.30 bits per heavy atom. The number of nitro groups is 1. The highest BCUT2D eigenvalue weighted by Gasteiger charge is 2.32. The van der Waals surface area contributed by atoms with Crippen molar-refractivity contribution in [3.8, 4) is 11.5 Å². The van der Waals surface area contributed by atoms with Crippen molar-refractivity contribution in [2.24, 2.45) is 0 Å². The van der Waals surface area contributed by atoms with E-state index in [1.54, 1.807) is 0 Å². The maximum absolute atomic E-state index is 12.8. The normalized spacial score (nSPS) is 11.1. The number of alkyl halides is 3. The van der Waals surface area contributed by atoms with E-state index < -0.39 is 61.8 Å². The van der Waals surface area contributed by atoms with Crippen LogP contribution in [0.2, 0.25) is 5.02 Å². The van der Waals surface area contributed by atoms with Gasteiger partial charge in [0.05, 0.1) is 33.6 Å². The predicted octanol–water partition coefficient (Wildman–Crippen LogP) is 3.91. The molecular formula is C18H12ClF3NO7-. The average molecular weight is 447 g/mol. The molecule has 0 aliphatic heterocycles. The van der Waals surface area contributed by atoms with E-state index in [0.29, 0.717) is 18.2 Å². The number of carbonyl (C=O) groups excluding carboxylic acids is 2. The van der Waals surface area contributed by atoms with Crippen molar-refractivity contribution < 1.29 is 42.3 Å². The molecule has 0 saturated heterocycles. The third kappa shape index (κ3) is 4.62. The first-order valence-corrected chi connectivity index (χ1v) is 8.51. The summed E-state index contributed by atoms with van der Waals surface area (Å²) in [5.74, 6) is -3.87. The van der Waals surface area contributed by atoms with Gasteiger partial charge in [0.1, 0.15) is 17.1 Å². The highest BCUT2D eigenvalue weighted by atomic mass is 35.5. The Morgan fingerprint density at radius 1 is 1.20 bits per heavy atom. The number of halogens is 4. The van der Waals surface area contributed by atoms with Crippen LogP contribution in [0.5, 0.6) is 11.5 Å². The third-order valence-electron chi connectivity index (χ3n) is 3.87. The first kappa shape index (κ1) is 22.9. The fourth-order valence-electron chi connectivity index (χ4n) is 2.58. The van der Waals surface area contributed by atoms with Gasteiger partial charge in [0, 0.05) is 5.56 Å². The molecule has 0 unspecified atom stereocenters. The van der Waals surface area contributed by atoms with Gasteiger partial charge in [-0.3, -0.25) is 10.1 Å². The summed E-state index contributed by atoms with van der Waals surface area (Å²) in [5, 5.41) is 22.2. The van der Waals surface area contributed by atoms with Gasteiger partial charge in [0.15, 0.2) is 0 Å². The fraction of sp³-hybridized carbons (Fsp3) is 0.222. The quantitative estimate of drug-likeness (QED) is 0.375. The summed E-state index contributed by atoms with van der Waals surface area (Å²) in [6.45, 7) is 2.44. The summed E-state index contributed by atoms with van der Waals surface area (Å²) in [4.78, 5) is 34.0. The van der Waals surface area contributed by atoms with Crippen molar-refractivity contribution in [2.45, 2.75) is 20.0 Å². The lowest BCUT2D eigenvalue weighted by Gasteiger charge is -2.17. The van der Waals surface area contributed by atoms with Crippen LogP contribution in [0.1, 0.15) is 38.8 Å². The molecule has 12 heteroatoms. The first-order chi connectivity index (χ1) is 13.9. The molecule has 0 amide bonds. The minimum absolute atomic E-state index is 0.116. The van der Waals surface area contributed by atoms with E-state index in [2.05, 4.69) is 0 Å². The van der Waals surface area contributed by atoms with Gasteiger partial charge in [-0.2, -0.15) is 13.2 Å². The van der Waals surface area contributed by atoms with Crippen LogP contribution in [0.15, 0.2) is 24.3 Å². The fourth-order valence-corrected chi connectivity index (χ4v) is 2.80. The number of ether oxygens (including phenoxy) is 2. The smallest absolute Gasteiger partial charge is 0.416 e. The molecular weight excluding hydrogens is 435 g/mol. The lowest BCUT2D eigenvalue weighted by Crippen LogP contribution is -2.24. The summed E-state index contributed by atoms with van der Waals surface area (Å²) in [7, 11) is 0. The van der Waals surface area contributed by atoms with Gasteiger partial charge >= 0.3 is 12.1 Å². The Kier molecular flexibility index (Phi) is 6.56. The number of aromatic carboxylic acids is 1. The lowest BCUT2D eigenvalue weighted by atomic mass is 10.0. The molecule has 0 aromatic heterocycles. The topological polar surface area (TPSA) is 119 Å². The van der Waals surface area contributed by atoms with Crippen molar-refractivity contribution in [3.05, 3.63) is 61.7 Å². The summed E-state index contributed by atoms with van der Waals surface area (Å²) in [6, 6.07) is 2.73. The molecule has 0 radical (unpaired) electrons. The van der Waals surface area contributed by atoms with Crippen LogP contribution < -0.4 is 9.84 Å². The van der Waals surface area contributed by atoms with Crippen molar-refractivity contribution >= 4 is 29.2 Å². The van der Waals surface area contributed by atoms with E-state index in [1.165, 1.54) is 6.92 Å². The zero-order valence-corrected chi connectivity index (χ0v) is 16.1. The number of rotatable bonds is 6. The van der Waals surface area contributed by atoms with E-state index in [-0.39, 0.29) is 12.4 Å². The molecule has 0 aliphatic carbocycles. The minimum atomic E-state index is -4.68. The van der Waals surface area contributed by atoms with Crippen LogP contribution in [-0.4, -0.2) is 23.5 Å². The molecule has 2 rings (SSSR count). The predicted molar refractivity (Wildman–Crippen MR) is 94.6 cm³/mol. The SMILES string of the molecule is CCOC(=O)c1c(Oc2ccc(C(F)(F)F)cc2Cl)cc(C(=O)[O-])c([N+](=O)[O-])c1C. The highest BCUT2D eigenvalue weighted by molar-refractivity contribution is 6.32. The van der Waals surface area contributed by atoms with Crippen molar-refractivity contribution in [2.75, 3.05) is 6.61 Å². The Balaban J connectivity index is 2.70. The van der Waals surface area contributed by atoms with Gasteiger partial charge in [-0.1, -0.05) is 11.6 Å². The molecule has 8 nitrogen and oxygen atoms in total. The molecule has 2 aromatic rings. The standard InChI is InChI=1S/C18H13ClF3NO7/c1-3-29-17(26)14-8(2)15(23(27)28)10(16(24)25)7-13(14)30-12-5-4-9(6-11(12)19)18(20,21)22/h4-7H,3H2,1-2H3,(H,24,25)/p-1. The highest BCUT2D eigenvalue weighted by Crippen LogP contribution is 2.40. The zero-order valence-electron chi connectivity index (χ0n) is 15.3. The second kappa shape index (κ2) is 8.57. The third-order valence-corrected chi connectivity index (χ3v) is 4.16. The number of hydrogen-bond donors (Lipinski definition) is 0. The number of carboxylic acid groups (broad SMARTS) is 1. The first-order valence-electron chi connectivity index (χ1n) is 8.13. The molecule has 2 aromatic carbocycles. The summed E-state index contributed by atoms with van der Waals surface area (Å²) < 4.78 is 48.6. The van der Waals surface area contributed by atoms with E-state index in [0.717, 1.165) is 13.0 Å². The maximum atomic E-state index is 12.8. The average Bonchev–Trinajstić information content (AvgIpc) is 2.61. The minimum Gasteiger partial charge on any atom is -0.545 e. The van der Waals surface area contributed by atoms with Gasteiger partial charge in [-0.25, -0.2) is 4.79 Å². The van der Waals surface area contributed by atoms with Gasteiger partial charge in [-0.15, -0.1) is 0 Å². The van der Waals surface area contributed by atoms with E-state index in [1.807, 2.05) is 0 Å². The van der Waals surface area contributed by atoms with Gasteiger partial charge in [0.25, 0.3) is 5.69 Å². The molecule has 0 bridgehead atoms. The van der Waals surface area contributed by atoms with Gasteiger partial charge in [0.2, 0.25) is 0 Å². The second-order valence-corrected chi connectivity index (χ2v) is 6.19. The number of benzene rings is 2. The monoisotopic (exact) mass is 446 g/mol. The Bertz CT molecular complexity index is 1040. The summed E-state index contributed by atoms with van der Waals surface area (Å²) in [5.41, 5.74) is -3.75. The summed E-state index contributed by atoms with van der Waals surface area (Å²) in [6.07, 6.45) is -4.68. The van der Waals surface area contributed by atoms with Crippen molar-refractivity contribution in [1.29, 1.82) is 0 Å². The molecule has 30 heavy (non-hydrogen) atoms. The molecule has 0 fully saturated rings. The largest absolute Gasteiger partial charge is 0.545 e. The number of nitro benzene ring substituents is 1. The van der Waals surface area contributed by atoms with Crippen molar-refractivity contribution in [3.63, 3.8) is 0 Å². The van der Waals surface area contributed by atoms with Crippen LogP contribution in [0.3, 0.4) is 0 Å². The molecule has 0 spiro atoms. The Hall–Kier alpha value is -3.34. The van der Waals surface area contributed by atoms with Crippen LogP contribution in [0.25, 0.3) is 0 Å². The van der Waals surface area contributed by atoms with E-state index in [9.17, 15) is 38.0 Å². The number of nitrogens with zero attached hydrogens (tertiary/aromatic N) is 1. The molecule has 0 atom stereocenters. The molecule has 0 saturated carbocycles. The van der Waals surface area contributed by atoms with Crippen molar-refractivity contribution in [1.82, 2.24) is 0 Å². The molecule has 0 N–H and O–H groups in total. The Labute approximate surface area is 171 Å². The summed E-state index contributed by atoms with van der Waals surface area (Å²) >= 11 is 5.82. The maximum Gasteiger partial charge on any atom is 0.416 e. The van der Waals surface area contributed by atoms with Crippen LogP contribution in [0.4, 0.5) is 18.9 Å². The molecule has 0 heterocycles. The number of carboxylic acids is 1. The van der Waals surface area contributed by atoms with E-state index in [4.69, 9.17) is 21.1 Å².